The van der Waals surface area contributed by atoms with Crippen LogP contribution in [0.15, 0.2) is 12.3 Å². The van der Waals surface area contributed by atoms with Crippen molar-refractivity contribution >= 4 is 0 Å². The van der Waals surface area contributed by atoms with Crippen LogP contribution in [0.1, 0.15) is 27.7 Å². The maximum Gasteiger partial charge on any atom is 0.0381 e. The van der Waals surface area contributed by atoms with Gasteiger partial charge in [0.05, 0.1) is 0 Å². The van der Waals surface area contributed by atoms with Gasteiger partial charge in [0.1, 0.15) is 0 Å². The molecule has 0 aromatic carbocycles. The summed E-state index contributed by atoms with van der Waals surface area (Å²) in [7, 11) is 0. The van der Waals surface area contributed by atoms with Crippen molar-refractivity contribution in [2.45, 2.75) is 39.8 Å². The standard InChI is InChI=1S/C11H22N2/c1-9(2)12-6-7-13(10(3)4)11(5)8-12/h9-10H,5-8H2,1-4H3. The average molecular weight is 182 g/mol. The highest BCUT2D eigenvalue weighted by Gasteiger charge is 2.22. The van der Waals surface area contributed by atoms with Crippen molar-refractivity contribution in [1.29, 1.82) is 0 Å². The molecule has 0 radical (unpaired) electrons. The molecular weight excluding hydrogens is 160 g/mol. The van der Waals surface area contributed by atoms with E-state index in [0.29, 0.717) is 12.1 Å². The molecule has 0 spiro atoms. The van der Waals surface area contributed by atoms with Gasteiger partial charge in [0.25, 0.3) is 0 Å². The zero-order chi connectivity index (χ0) is 10.0. The smallest absolute Gasteiger partial charge is 0.0381 e. The average Bonchev–Trinajstić information content (AvgIpc) is 2.03. The van der Waals surface area contributed by atoms with Crippen LogP contribution in [0.3, 0.4) is 0 Å². The Hall–Kier alpha value is -0.500. The number of rotatable bonds is 2. The fourth-order valence-electron chi connectivity index (χ4n) is 1.86. The highest BCUT2D eigenvalue weighted by Crippen LogP contribution is 2.16. The van der Waals surface area contributed by atoms with Crippen LogP contribution in [0, 0.1) is 0 Å². The summed E-state index contributed by atoms with van der Waals surface area (Å²) in [6.45, 7) is 16.4. The van der Waals surface area contributed by atoms with E-state index in [-0.39, 0.29) is 0 Å². The van der Waals surface area contributed by atoms with Crippen LogP contribution in [0.25, 0.3) is 0 Å². The second-order valence-electron chi connectivity index (χ2n) is 4.42. The molecule has 0 N–H and O–H groups in total. The molecule has 0 aromatic heterocycles. The summed E-state index contributed by atoms with van der Waals surface area (Å²) in [6.07, 6.45) is 0. The van der Waals surface area contributed by atoms with Crippen molar-refractivity contribution < 1.29 is 0 Å². The zero-order valence-corrected chi connectivity index (χ0v) is 9.38. The van der Waals surface area contributed by atoms with Crippen molar-refractivity contribution in [2.75, 3.05) is 19.6 Å². The van der Waals surface area contributed by atoms with Crippen molar-refractivity contribution in [3.05, 3.63) is 12.3 Å². The zero-order valence-electron chi connectivity index (χ0n) is 9.38. The molecule has 76 valence electrons. The first kappa shape index (κ1) is 10.6. The van der Waals surface area contributed by atoms with E-state index in [1.165, 1.54) is 12.2 Å². The minimum absolute atomic E-state index is 0.599. The Morgan fingerprint density at radius 3 is 2.08 bits per heavy atom. The van der Waals surface area contributed by atoms with Crippen molar-refractivity contribution in [1.82, 2.24) is 9.80 Å². The third kappa shape index (κ3) is 2.47. The minimum Gasteiger partial charge on any atom is -0.371 e. The Bertz CT molecular complexity index is 185. The monoisotopic (exact) mass is 182 g/mol. The predicted molar refractivity (Wildman–Crippen MR) is 57.7 cm³/mol. The fourth-order valence-corrected chi connectivity index (χ4v) is 1.86. The SMILES string of the molecule is C=C1CN(C(C)C)CCN1C(C)C. The van der Waals surface area contributed by atoms with Crippen LogP contribution in [-0.4, -0.2) is 41.5 Å². The van der Waals surface area contributed by atoms with Gasteiger partial charge in [0, 0.05) is 37.4 Å². The van der Waals surface area contributed by atoms with Crippen LogP contribution in [0.2, 0.25) is 0 Å². The molecule has 2 heteroatoms. The maximum absolute atomic E-state index is 4.13. The van der Waals surface area contributed by atoms with E-state index >= 15 is 0 Å². The highest BCUT2D eigenvalue weighted by atomic mass is 15.3. The van der Waals surface area contributed by atoms with Crippen LogP contribution < -0.4 is 0 Å². The highest BCUT2D eigenvalue weighted by molar-refractivity contribution is 5.02. The largest absolute Gasteiger partial charge is 0.371 e. The summed E-state index contributed by atoms with van der Waals surface area (Å²) in [5, 5.41) is 0. The first-order valence-corrected chi connectivity index (χ1v) is 5.21. The van der Waals surface area contributed by atoms with Crippen LogP contribution in [0.5, 0.6) is 0 Å². The van der Waals surface area contributed by atoms with Crippen molar-refractivity contribution in [3.63, 3.8) is 0 Å². The van der Waals surface area contributed by atoms with E-state index in [4.69, 9.17) is 0 Å². The lowest BCUT2D eigenvalue weighted by Crippen LogP contribution is -2.49. The Labute approximate surface area is 82.2 Å². The van der Waals surface area contributed by atoms with Gasteiger partial charge in [-0.2, -0.15) is 0 Å². The molecule has 1 aliphatic heterocycles. The van der Waals surface area contributed by atoms with Crippen LogP contribution in [0.4, 0.5) is 0 Å². The summed E-state index contributed by atoms with van der Waals surface area (Å²) < 4.78 is 0. The molecule has 1 saturated heterocycles. The molecule has 0 amide bonds. The summed E-state index contributed by atoms with van der Waals surface area (Å²) >= 11 is 0. The van der Waals surface area contributed by atoms with Crippen molar-refractivity contribution in [3.8, 4) is 0 Å². The second kappa shape index (κ2) is 4.14. The first-order valence-electron chi connectivity index (χ1n) is 5.21. The van der Waals surface area contributed by atoms with E-state index < -0.39 is 0 Å². The molecular formula is C11H22N2. The quantitative estimate of drug-likeness (QED) is 0.644. The molecule has 0 atom stereocenters. The van der Waals surface area contributed by atoms with E-state index in [1.54, 1.807) is 0 Å². The number of nitrogens with zero attached hydrogens (tertiary/aromatic N) is 2. The molecule has 1 aliphatic rings. The lowest BCUT2D eigenvalue weighted by molar-refractivity contribution is 0.130. The summed E-state index contributed by atoms with van der Waals surface area (Å²) in [6, 6.07) is 1.24. The third-order valence-corrected chi connectivity index (χ3v) is 2.77. The van der Waals surface area contributed by atoms with Gasteiger partial charge >= 0.3 is 0 Å². The van der Waals surface area contributed by atoms with Gasteiger partial charge in [-0.25, -0.2) is 0 Å². The molecule has 1 heterocycles. The normalized spacial score (nSPS) is 20.5. The Kier molecular flexibility index (Phi) is 3.37. The molecule has 0 aliphatic carbocycles. The molecule has 0 saturated carbocycles. The Morgan fingerprint density at radius 1 is 1.08 bits per heavy atom. The lowest BCUT2D eigenvalue weighted by atomic mass is 10.2. The molecule has 2 nitrogen and oxygen atoms in total. The summed E-state index contributed by atoms with van der Waals surface area (Å²) in [4.78, 5) is 4.88. The molecule has 0 aromatic rings. The number of hydrogen-bond acceptors (Lipinski definition) is 2. The molecule has 0 bridgehead atoms. The summed E-state index contributed by atoms with van der Waals surface area (Å²) in [5.74, 6) is 0. The van der Waals surface area contributed by atoms with E-state index in [2.05, 4.69) is 44.1 Å². The molecule has 0 unspecified atom stereocenters. The lowest BCUT2D eigenvalue weighted by Gasteiger charge is -2.41. The second-order valence-corrected chi connectivity index (χ2v) is 4.42. The number of piperazine rings is 1. The van der Waals surface area contributed by atoms with Crippen LogP contribution in [-0.2, 0) is 0 Å². The predicted octanol–water partition coefficient (Wildman–Crippen LogP) is 1.93. The van der Waals surface area contributed by atoms with E-state index in [9.17, 15) is 0 Å². The van der Waals surface area contributed by atoms with Gasteiger partial charge in [-0.05, 0) is 27.7 Å². The molecule has 1 fully saturated rings. The van der Waals surface area contributed by atoms with Gasteiger partial charge in [-0.1, -0.05) is 6.58 Å². The number of hydrogen-bond donors (Lipinski definition) is 0. The van der Waals surface area contributed by atoms with Gasteiger partial charge < -0.3 is 4.90 Å². The topological polar surface area (TPSA) is 6.48 Å². The van der Waals surface area contributed by atoms with Gasteiger partial charge in [-0.3, -0.25) is 4.90 Å². The van der Waals surface area contributed by atoms with Gasteiger partial charge in [-0.15, -0.1) is 0 Å². The molecule has 1 rings (SSSR count). The fraction of sp³-hybridized carbons (Fsp3) is 0.818. The van der Waals surface area contributed by atoms with E-state index in [0.717, 1.165) is 13.1 Å². The van der Waals surface area contributed by atoms with Gasteiger partial charge in [0.2, 0.25) is 0 Å². The van der Waals surface area contributed by atoms with Crippen molar-refractivity contribution in [2.24, 2.45) is 0 Å². The maximum atomic E-state index is 4.13. The summed E-state index contributed by atoms with van der Waals surface area (Å²) in [5.41, 5.74) is 1.27. The third-order valence-electron chi connectivity index (χ3n) is 2.77. The van der Waals surface area contributed by atoms with Gasteiger partial charge in [0.15, 0.2) is 0 Å². The van der Waals surface area contributed by atoms with Crippen LogP contribution >= 0.6 is 0 Å². The Balaban J connectivity index is 2.52. The van der Waals surface area contributed by atoms with E-state index in [1.807, 2.05) is 0 Å². The minimum atomic E-state index is 0.599. The Morgan fingerprint density at radius 2 is 1.69 bits per heavy atom. The molecule has 13 heavy (non-hydrogen) atoms. The first-order chi connectivity index (χ1) is 6.02.